The first-order chi connectivity index (χ1) is 11.9. The summed E-state index contributed by atoms with van der Waals surface area (Å²) in [6.45, 7) is 5.39. The van der Waals surface area contributed by atoms with Crippen molar-refractivity contribution in [3.05, 3.63) is 51.2 Å². The van der Waals surface area contributed by atoms with Crippen LogP contribution in [0.25, 0.3) is 0 Å². The Hall–Kier alpha value is -1.26. The molecule has 1 atom stereocenters. The van der Waals surface area contributed by atoms with Gasteiger partial charge in [0.1, 0.15) is 5.82 Å². The minimum absolute atomic E-state index is 0. The number of thiazole rings is 1. The van der Waals surface area contributed by atoms with Crippen molar-refractivity contribution >= 4 is 41.3 Å². The van der Waals surface area contributed by atoms with E-state index in [-0.39, 0.29) is 35.8 Å². The van der Waals surface area contributed by atoms with Gasteiger partial charge >= 0.3 is 0 Å². The van der Waals surface area contributed by atoms with Crippen molar-refractivity contribution in [3.63, 3.8) is 0 Å². The molecular formula is C18H27FIN5S. The molecular weight excluding hydrogens is 464 g/mol. The van der Waals surface area contributed by atoms with Crippen molar-refractivity contribution in [2.75, 3.05) is 27.7 Å². The second-order valence-electron chi connectivity index (χ2n) is 6.08. The third-order valence-electron chi connectivity index (χ3n) is 3.98. The van der Waals surface area contributed by atoms with Gasteiger partial charge < -0.3 is 15.5 Å². The monoisotopic (exact) mass is 491 g/mol. The van der Waals surface area contributed by atoms with Crippen LogP contribution in [0.4, 0.5) is 4.39 Å². The van der Waals surface area contributed by atoms with Gasteiger partial charge in [0.2, 0.25) is 0 Å². The minimum atomic E-state index is -0.220. The molecule has 0 fully saturated rings. The molecule has 5 nitrogen and oxygen atoms in total. The van der Waals surface area contributed by atoms with E-state index in [4.69, 9.17) is 0 Å². The zero-order valence-electron chi connectivity index (χ0n) is 15.8. The number of aryl methyl sites for hydroxylation is 2. The molecule has 0 amide bonds. The summed E-state index contributed by atoms with van der Waals surface area (Å²) in [4.78, 5) is 12.0. The number of nitrogens with one attached hydrogen (secondary N) is 2. The van der Waals surface area contributed by atoms with Gasteiger partial charge in [-0.05, 0) is 45.6 Å². The summed E-state index contributed by atoms with van der Waals surface area (Å²) in [7, 11) is 5.77. The second kappa shape index (κ2) is 10.8. The largest absolute Gasteiger partial charge is 0.354 e. The highest BCUT2D eigenvalue weighted by molar-refractivity contribution is 14.0. The van der Waals surface area contributed by atoms with Crippen molar-refractivity contribution in [1.82, 2.24) is 20.5 Å². The van der Waals surface area contributed by atoms with Gasteiger partial charge in [0.25, 0.3) is 0 Å². The molecule has 0 aliphatic carbocycles. The zero-order valence-corrected chi connectivity index (χ0v) is 19.0. The summed E-state index contributed by atoms with van der Waals surface area (Å²) in [6.07, 6.45) is 0. The first-order valence-electron chi connectivity index (χ1n) is 8.20. The fraction of sp³-hybridized carbons (Fsp3) is 0.444. The van der Waals surface area contributed by atoms with Gasteiger partial charge in [0.15, 0.2) is 5.96 Å². The predicted octanol–water partition coefficient (Wildman–Crippen LogP) is 3.48. The number of halogens is 2. The van der Waals surface area contributed by atoms with Crippen LogP contribution in [0.1, 0.15) is 27.2 Å². The van der Waals surface area contributed by atoms with Crippen LogP contribution in [0.15, 0.2) is 29.3 Å². The van der Waals surface area contributed by atoms with Crippen molar-refractivity contribution in [2.24, 2.45) is 4.99 Å². The van der Waals surface area contributed by atoms with Crippen LogP contribution in [0.2, 0.25) is 0 Å². The number of rotatable bonds is 6. The SMILES string of the molecule is CN=C(NCc1sc(C)nc1C)NCC(c1ccc(F)cc1)N(C)C.I. The first kappa shape index (κ1) is 22.8. The number of likely N-dealkylation sites (N-methyl/N-ethyl adjacent to an activating group) is 1. The third-order valence-corrected chi connectivity index (χ3v) is 5.05. The lowest BCUT2D eigenvalue weighted by atomic mass is 10.1. The molecule has 26 heavy (non-hydrogen) atoms. The Balaban J connectivity index is 0.00000338. The summed E-state index contributed by atoms with van der Waals surface area (Å²) in [5, 5.41) is 7.74. The molecule has 2 rings (SSSR count). The van der Waals surface area contributed by atoms with Crippen molar-refractivity contribution in [2.45, 2.75) is 26.4 Å². The van der Waals surface area contributed by atoms with Gasteiger partial charge in [-0.15, -0.1) is 35.3 Å². The van der Waals surface area contributed by atoms with Crippen LogP contribution >= 0.6 is 35.3 Å². The summed E-state index contributed by atoms with van der Waals surface area (Å²) in [5.41, 5.74) is 2.12. The van der Waals surface area contributed by atoms with Gasteiger partial charge in [-0.1, -0.05) is 12.1 Å². The fourth-order valence-electron chi connectivity index (χ4n) is 2.60. The van der Waals surface area contributed by atoms with E-state index in [2.05, 4.69) is 25.5 Å². The maximum Gasteiger partial charge on any atom is 0.191 e. The molecule has 144 valence electrons. The summed E-state index contributed by atoms with van der Waals surface area (Å²) in [6, 6.07) is 6.75. The highest BCUT2D eigenvalue weighted by atomic mass is 127. The summed E-state index contributed by atoms with van der Waals surface area (Å²) >= 11 is 1.69. The molecule has 0 bridgehead atoms. The highest BCUT2D eigenvalue weighted by Gasteiger charge is 2.15. The quantitative estimate of drug-likeness (QED) is 0.369. The molecule has 1 aromatic carbocycles. The van der Waals surface area contributed by atoms with Gasteiger partial charge in [0.05, 0.1) is 23.3 Å². The van der Waals surface area contributed by atoms with Crippen LogP contribution in [-0.2, 0) is 6.54 Å². The number of hydrogen-bond donors (Lipinski definition) is 2. The number of aromatic nitrogens is 1. The molecule has 0 aliphatic heterocycles. The number of guanidine groups is 1. The lowest BCUT2D eigenvalue weighted by Crippen LogP contribution is -2.41. The number of hydrogen-bond acceptors (Lipinski definition) is 4. The topological polar surface area (TPSA) is 52.6 Å². The summed E-state index contributed by atoms with van der Waals surface area (Å²) in [5.74, 6) is 0.515. The molecule has 0 aliphatic rings. The van der Waals surface area contributed by atoms with Gasteiger partial charge in [-0.3, -0.25) is 4.99 Å². The van der Waals surface area contributed by atoms with E-state index in [0.29, 0.717) is 13.1 Å². The third kappa shape index (κ3) is 6.48. The molecule has 0 radical (unpaired) electrons. The van der Waals surface area contributed by atoms with E-state index in [9.17, 15) is 4.39 Å². The maximum absolute atomic E-state index is 13.2. The van der Waals surface area contributed by atoms with Gasteiger partial charge in [-0.25, -0.2) is 9.37 Å². The van der Waals surface area contributed by atoms with Crippen molar-refractivity contribution in [1.29, 1.82) is 0 Å². The molecule has 1 unspecified atom stereocenters. The average Bonchev–Trinajstić information content (AvgIpc) is 2.89. The molecule has 0 spiro atoms. The molecule has 1 aromatic heterocycles. The highest BCUT2D eigenvalue weighted by Crippen LogP contribution is 2.18. The van der Waals surface area contributed by atoms with Crippen molar-refractivity contribution in [3.8, 4) is 0 Å². The molecule has 2 N–H and O–H groups in total. The van der Waals surface area contributed by atoms with Crippen LogP contribution < -0.4 is 10.6 Å². The molecule has 0 saturated carbocycles. The lowest BCUT2D eigenvalue weighted by molar-refractivity contribution is 0.298. The van der Waals surface area contributed by atoms with Crippen LogP contribution in [0, 0.1) is 19.7 Å². The van der Waals surface area contributed by atoms with Crippen LogP contribution in [0.5, 0.6) is 0 Å². The van der Waals surface area contributed by atoms with E-state index in [0.717, 1.165) is 22.2 Å². The van der Waals surface area contributed by atoms with E-state index < -0.39 is 0 Å². The Kier molecular flexibility index (Phi) is 9.45. The van der Waals surface area contributed by atoms with E-state index in [1.807, 2.05) is 40.1 Å². The number of aliphatic imine (C=N–C) groups is 1. The molecule has 8 heteroatoms. The van der Waals surface area contributed by atoms with E-state index in [1.165, 1.54) is 17.0 Å². The molecule has 1 heterocycles. The van der Waals surface area contributed by atoms with E-state index in [1.54, 1.807) is 18.4 Å². The maximum atomic E-state index is 13.2. The van der Waals surface area contributed by atoms with Crippen molar-refractivity contribution < 1.29 is 4.39 Å². The predicted molar refractivity (Wildman–Crippen MR) is 118 cm³/mol. The fourth-order valence-corrected chi connectivity index (χ4v) is 3.48. The minimum Gasteiger partial charge on any atom is -0.354 e. The van der Waals surface area contributed by atoms with Gasteiger partial charge in [-0.2, -0.15) is 0 Å². The Bertz CT molecular complexity index is 715. The lowest BCUT2D eigenvalue weighted by Gasteiger charge is -2.26. The van der Waals surface area contributed by atoms with E-state index >= 15 is 0 Å². The average molecular weight is 491 g/mol. The second-order valence-corrected chi connectivity index (χ2v) is 7.37. The Morgan fingerprint density at radius 3 is 2.38 bits per heavy atom. The Morgan fingerprint density at radius 1 is 1.23 bits per heavy atom. The summed E-state index contributed by atoms with van der Waals surface area (Å²) < 4.78 is 13.2. The number of nitrogens with zero attached hydrogens (tertiary/aromatic N) is 3. The molecule has 2 aromatic rings. The first-order valence-corrected chi connectivity index (χ1v) is 9.01. The standard InChI is InChI=1S/C18H26FN5S.HI/c1-12-17(25-13(2)23-12)11-22-18(20-3)21-10-16(24(4)5)14-6-8-15(19)9-7-14;/h6-9,16H,10-11H2,1-5H3,(H2,20,21,22);1H. The number of benzene rings is 1. The zero-order chi connectivity index (χ0) is 18.4. The van der Waals surface area contributed by atoms with Crippen LogP contribution in [0.3, 0.4) is 0 Å². The molecule has 0 saturated heterocycles. The van der Waals surface area contributed by atoms with Gasteiger partial charge in [0, 0.05) is 18.5 Å². The smallest absolute Gasteiger partial charge is 0.191 e. The normalized spacial score (nSPS) is 12.7. The van der Waals surface area contributed by atoms with Crippen LogP contribution in [-0.4, -0.2) is 43.5 Å². The Morgan fingerprint density at radius 2 is 1.88 bits per heavy atom. The Labute approximate surface area is 176 Å².